The molecule has 1 heterocycles. The summed E-state index contributed by atoms with van der Waals surface area (Å²) in [5.74, 6) is 0. The van der Waals surface area contributed by atoms with Crippen molar-refractivity contribution in [3.63, 3.8) is 0 Å². The van der Waals surface area contributed by atoms with Gasteiger partial charge in [-0.1, -0.05) is 6.58 Å². The van der Waals surface area contributed by atoms with Crippen LogP contribution in [-0.4, -0.2) is 15.6 Å². The quantitative estimate of drug-likeness (QED) is 0.544. The molecule has 0 unspecified atom stereocenters. The molecule has 1 aromatic heterocycles. The van der Waals surface area contributed by atoms with E-state index in [1.807, 2.05) is 0 Å². The summed E-state index contributed by atoms with van der Waals surface area (Å²) in [6.45, 7) is 3.23. The van der Waals surface area contributed by atoms with Gasteiger partial charge in [0.2, 0.25) is 0 Å². The Labute approximate surface area is 57.8 Å². The third kappa shape index (κ3) is 1.22. The van der Waals surface area contributed by atoms with E-state index in [0.717, 1.165) is 6.26 Å². The number of hydrogen-bond donors (Lipinski definition) is 0. The maximum absolute atomic E-state index is 10.7. The van der Waals surface area contributed by atoms with Crippen molar-refractivity contribution >= 4 is 6.09 Å². The number of ether oxygens (including phenoxy) is 1. The van der Waals surface area contributed by atoms with Crippen molar-refractivity contribution in [2.45, 2.75) is 0 Å². The minimum absolute atomic E-state index is 0.507. The van der Waals surface area contributed by atoms with E-state index in [0.29, 0.717) is 0 Å². The normalized spacial score (nSPS) is 8.80. The third-order valence-electron chi connectivity index (χ3n) is 0.899. The highest BCUT2D eigenvalue weighted by atomic mass is 16.5. The van der Waals surface area contributed by atoms with Crippen LogP contribution < -0.4 is 0 Å². The van der Waals surface area contributed by atoms with E-state index in [2.05, 4.69) is 16.3 Å². The van der Waals surface area contributed by atoms with Crippen LogP contribution in [0.5, 0.6) is 0 Å². The number of hydrogen-bond acceptors (Lipinski definition) is 3. The van der Waals surface area contributed by atoms with E-state index >= 15 is 0 Å². The van der Waals surface area contributed by atoms with Crippen LogP contribution in [0.1, 0.15) is 0 Å². The van der Waals surface area contributed by atoms with Crippen LogP contribution >= 0.6 is 0 Å². The van der Waals surface area contributed by atoms with E-state index in [9.17, 15) is 4.79 Å². The summed E-state index contributed by atoms with van der Waals surface area (Å²) in [5.41, 5.74) is 0. The zero-order valence-corrected chi connectivity index (χ0v) is 5.23. The van der Waals surface area contributed by atoms with Crippen LogP contribution in [-0.2, 0) is 4.74 Å². The van der Waals surface area contributed by atoms with Crippen molar-refractivity contribution in [2.75, 3.05) is 0 Å². The molecule has 1 aromatic rings. The van der Waals surface area contributed by atoms with Crippen molar-refractivity contribution in [3.05, 3.63) is 31.6 Å². The summed E-state index contributed by atoms with van der Waals surface area (Å²) in [6, 6.07) is 0. The lowest BCUT2D eigenvalue weighted by Gasteiger charge is -1.95. The van der Waals surface area contributed by atoms with Gasteiger partial charge in [-0.3, -0.25) is 0 Å². The number of aromatic nitrogens is 2. The van der Waals surface area contributed by atoms with Gasteiger partial charge in [-0.2, -0.15) is 0 Å². The molecule has 0 saturated heterocycles. The molecule has 0 bridgehead atoms. The van der Waals surface area contributed by atoms with E-state index in [1.165, 1.54) is 23.3 Å². The van der Waals surface area contributed by atoms with Crippen LogP contribution in [0.25, 0.3) is 0 Å². The van der Waals surface area contributed by atoms with E-state index < -0.39 is 6.09 Å². The summed E-state index contributed by atoms with van der Waals surface area (Å²) in [7, 11) is 0. The molecular weight excluding hydrogens is 132 g/mol. The molecule has 0 aliphatic carbocycles. The first kappa shape index (κ1) is 6.54. The Morgan fingerprint density at radius 3 is 3.10 bits per heavy atom. The van der Waals surface area contributed by atoms with E-state index in [-0.39, 0.29) is 0 Å². The molecule has 0 radical (unpaired) electrons. The largest absolute Gasteiger partial charge is 0.424 e. The molecule has 0 atom stereocenters. The number of carbonyl (C=O) groups is 1. The average Bonchev–Trinajstić information content (AvgIpc) is 2.38. The van der Waals surface area contributed by atoms with Crippen molar-refractivity contribution in [3.8, 4) is 0 Å². The highest BCUT2D eigenvalue weighted by Crippen LogP contribution is 1.88. The zero-order chi connectivity index (χ0) is 7.40. The lowest BCUT2D eigenvalue weighted by atomic mass is 10.9. The van der Waals surface area contributed by atoms with Gasteiger partial charge in [-0.15, -0.1) is 0 Å². The first-order chi connectivity index (χ1) is 4.84. The lowest BCUT2D eigenvalue weighted by Crippen LogP contribution is -2.07. The average molecular weight is 138 g/mol. The van der Waals surface area contributed by atoms with Gasteiger partial charge in [-0.25, -0.2) is 14.3 Å². The monoisotopic (exact) mass is 138 g/mol. The number of carbonyl (C=O) groups excluding carboxylic acids is 1. The first-order valence-electron chi connectivity index (χ1n) is 2.64. The van der Waals surface area contributed by atoms with Crippen LogP contribution in [0.3, 0.4) is 0 Å². The van der Waals surface area contributed by atoms with E-state index in [1.54, 1.807) is 0 Å². The standard InChI is InChI=1S/C6H6N2O2/c1-2-10-6(9)8-4-3-7-5-8/h2-5H,1H2. The highest BCUT2D eigenvalue weighted by Gasteiger charge is 1.99. The summed E-state index contributed by atoms with van der Waals surface area (Å²) in [5, 5.41) is 0. The Bertz CT molecular complexity index is 228. The number of rotatable bonds is 1. The topological polar surface area (TPSA) is 44.1 Å². The SMILES string of the molecule is C=COC(=O)n1ccnc1. The van der Waals surface area contributed by atoms with Crippen LogP contribution in [0.4, 0.5) is 4.79 Å². The molecule has 4 heteroatoms. The minimum atomic E-state index is -0.507. The molecule has 0 aliphatic heterocycles. The highest BCUT2D eigenvalue weighted by molar-refractivity contribution is 5.70. The van der Waals surface area contributed by atoms with Gasteiger partial charge in [0, 0.05) is 12.4 Å². The van der Waals surface area contributed by atoms with Gasteiger partial charge in [0.15, 0.2) is 0 Å². The van der Waals surface area contributed by atoms with Crippen molar-refractivity contribution in [2.24, 2.45) is 0 Å². The minimum Gasteiger partial charge on any atom is -0.418 e. The molecule has 0 fully saturated rings. The summed E-state index contributed by atoms with van der Waals surface area (Å²) in [4.78, 5) is 14.4. The van der Waals surface area contributed by atoms with Crippen LogP contribution in [0, 0.1) is 0 Å². The van der Waals surface area contributed by atoms with Crippen molar-refractivity contribution in [1.29, 1.82) is 0 Å². The maximum atomic E-state index is 10.7. The second-order valence-electron chi connectivity index (χ2n) is 1.52. The van der Waals surface area contributed by atoms with Gasteiger partial charge in [0.25, 0.3) is 0 Å². The fourth-order valence-electron chi connectivity index (χ4n) is 0.499. The maximum Gasteiger partial charge on any atom is 0.424 e. The smallest absolute Gasteiger partial charge is 0.418 e. The molecule has 0 N–H and O–H groups in total. The van der Waals surface area contributed by atoms with Gasteiger partial charge in [0.1, 0.15) is 6.33 Å². The Hall–Kier alpha value is -1.58. The fourth-order valence-corrected chi connectivity index (χ4v) is 0.499. The second-order valence-corrected chi connectivity index (χ2v) is 1.52. The molecule has 0 aliphatic rings. The third-order valence-corrected chi connectivity index (χ3v) is 0.899. The summed E-state index contributed by atoms with van der Waals surface area (Å²) >= 11 is 0. The molecule has 52 valence electrons. The summed E-state index contributed by atoms with van der Waals surface area (Å²) in [6.07, 6.45) is 4.90. The molecule has 0 amide bonds. The molecule has 1 rings (SSSR count). The molecule has 0 saturated carbocycles. The Morgan fingerprint density at radius 1 is 1.80 bits per heavy atom. The van der Waals surface area contributed by atoms with Gasteiger partial charge < -0.3 is 4.74 Å². The zero-order valence-electron chi connectivity index (χ0n) is 5.23. The summed E-state index contributed by atoms with van der Waals surface area (Å²) < 4.78 is 5.64. The van der Waals surface area contributed by atoms with Gasteiger partial charge >= 0.3 is 6.09 Å². The molecule has 4 nitrogen and oxygen atoms in total. The molecule has 0 aromatic carbocycles. The number of imidazole rings is 1. The predicted molar refractivity (Wildman–Crippen MR) is 34.3 cm³/mol. The van der Waals surface area contributed by atoms with Crippen LogP contribution in [0.15, 0.2) is 31.6 Å². The van der Waals surface area contributed by atoms with Gasteiger partial charge in [0.05, 0.1) is 6.26 Å². The van der Waals surface area contributed by atoms with E-state index in [4.69, 9.17) is 0 Å². The Balaban J connectivity index is 2.68. The lowest BCUT2D eigenvalue weighted by molar-refractivity contribution is 0.187. The molecule has 10 heavy (non-hydrogen) atoms. The van der Waals surface area contributed by atoms with Crippen LogP contribution in [0.2, 0.25) is 0 Å². The second kappa shape index (κ2) is 2.82. The number of nitrogens with zero attached hydrogens (tertiary/aromatic N) is 2. The first-order valence-corrected chi connectivity index (χ1v) is 2.64. The molecule has 0 spiro atoms. The van der Waals surface area contributed by atoms with Crippen molar-refractivity contribution in [1.82, 2.24) is 9.55 Å². The van der Waals surface area contributed by atoms with Gasteiger partial charge in [-0.05, 0) is 0 Å². The fraction of sp³-hybridized carbons (Fsp3) is 0. The Morgan fingerprint density at radius 2 is 2.60 bits per heavy atom. The Kier molecular flexibility index (Phi) is 1.84. The molecular formula is C6H6N2O2. The van der Waals surface area contributed by atoms with Crippen molar-refractivity contribution < 1.29 is 9.53 Å². The predicted octanol–water partition coefficient (Wildman–Crippen LogP) is 1.01.